The van der Waals surface area contributed by atoms with Gasteiger partial charge in [0.15, 0.2) is 0 Å². The molecule has 0 aliphatic heterocycles. The van der Waals surface area contributed by atoms with E-state index in [-0.39, 0.29) is 12.0 Å². The van der Waals surface area contributed by atoms with Gasteiger partial charge >= 0.3 is 0 Å². The van der Waals surface area contributed by atoms with Gasteiger partial charge in [0.25, 0.3) is 0 Å². The second-order valence-corrected chi connectivity index (χ2v) is 6.50. The SMILES string of the molecule is C/C(=N/O)C(C)Oc1cccc2c(Oc3ncc(Cl)cc3Cl)cccc12. The molecule has 26 heavy (non-hydrogen) atoms. The highest BCUT2D eigenvalue weighted by Crippen LogP contribution is 2.36. The normalized spacial score (nSPS) is 12.8. The molecule has 0 spiro atoms. The molecule has 0 aliphatic carbocycles. The van der Waals surface area contributed by atoms with E-state index in [1.807, 2.05) is 43.3 Å². The van der Waals surface area contributed by atoms with Gasteiger partial charge < -0.3 is 14.7 Å². The molecule has 0 radical (unpaired) electrons. The number of pyridine rings is 1. The lowest BCUT2D eigenvalue weighted by atomic mass is 10.1. The number of aromatic nitrogens is 1. The first kappa shape index (κ1) is 18.3. The number of halogens is 2. The highest BCUT2D eigenvalue weighted by Gasteiger charge is 2.14. The van der Waals surface area contributed by atoms with Crippen molar-refractivity contribution in [2.45, 2.75) is 20.0 Å². The molecule has 1 heterocycles. The van der Waals surface area contributed by atoms with Crippen molar-refractivity contribution in [2.24, 2.45) is 5.16 Å². The van der Waals surface area contributed by atoms with Gasteiger partial charge in [-0.25, -0.2) is 4.98 Å². The number of oxime groups is 1. The van der Waals surface area contributed by atoms with Crippen molar-refractivity contribution in [3.8, 4) is 17.4 Å². The molecule has 0 saturated carbocycles. The topological polar surface area (TPSA) is 63.9 Å². The maximum atomic E-state index is 8.91. The summed E-state index contributed by atoms with van der Waals surface area (Å²) in [4.78, 5) is 4.12. The monoisotopic (exact) mass is 390 g/mol. The number of nitrogens with zero attached hydrogens (tertiary/aromatic N) is 2. The van der Waals surface area contributed by atoms with E-state index in [1.54, 1.807) is 13.0 Å². The molecule has 0 fully saturated rings. The van der Waals surface area contributed by atoms with Crippen LogP contribution in [0.5, 0.6) is 17.4 Å². The van der Waals surface area contributed by atoms with E-state index < -0.39 is 0 Å². The van der Waals surface area contributed by atoms with Crippen molar-refractivity contribution >= 4 is 39.7 Å². The molecule has 1 unspecified atom stereocenters. The molecule has 1 aromatic heterocycles. The van der Waals surface area contributed by atoms with Crippen LogP contribution in [-0.2, 0) is 0 Å². The van der Waals surface area contributed by atoms with Crippen LogP contribution < -0.4 is 9.47 Å². The van der Waals surface area contributed by atoms with Gasteiger partial charge in [0, 0.05) is 17.0 Å². The third-order valence-corrected chi connectivity index (χ3v) is 4.35. The zero-order valence-corrected chi connectivity index (χ0v) is 15.6. The summed E-state index contributed by atoms with van der Waals surface area (Å²) in [5.74, 6) is 1.51. The molecule has 0 aliphatic rings. The lowest BCUT2D eigenvalue weighted by Crippen LogP contribution is -2.21. The molecule has 2 aromatic carbocycles. The Labute approximate surface area is 160 Å². The first-order valence-corrected chi connectivity index (χ1v) is 8.61. The Morgan fingerprint density at radius 2 is 1.77 bits per heavy atom. The van der Waals surface area contributed by atoms with Crippen LogP contribution >= 0.6 is 23.2 Å². The minimum atomic E-state index is -0.373. The zero-order valence-electron chi connectivity index (χ0n) is 14.1. The van der Waals surface area contributed by atoms with Gasteiger partial charge in [0.2, 0.25) is 5.88 Å². The first-order chi connectivity index (χ1) is 12.5. The van der Waals surface area contributed by atoms with Gasteiger partial charge in [0.1, 0.15) is 22.6 Å². The van der Waals surface area contributed by atoms with Gasteiger partial charge in [-0.2, -0.15) is 0 Å². The fourth-order valence-corrected chi connectivity index (χ4v) is 2.80. The Balaban J connectivity index is 1.99. The fraction of sp³-hybridized carbons (Fsp3) is 0.158. The highest BCUT2D eigenvalue weighted by atomic mass is 35.5. The number of ether oxygens (including phenoxy) is 2. The number of rotatable bonds is 5. The second-order valence-electron chi connectivity index (χ2n) is 5.65. The predicted octanol–water partition coefficient (Wildman–Crippen LogP) is 5.95. The Kier molecular flexibility index (Phi) is 5.49. The first-order valence-electron chi connectivity index (χ1n) is 7.85. The van der Waals surface area contributed by atoms with Crippen molar-refractivity contribution in [3.63, 3.8) is 0 Å². The number of benzene rings is 2. The molecule has 0 amide bonds. The predicted molar refractivity (Wildman–Crippen MR) is 103 cm³/mol. The number of fused-ring (bicyclic) bond motifs is 1. The minimum absolute atomic E-state index is 0.270. The summed E-state index contributed by atoms with van der Waals surface area (Å²) in [5.41, 5.74) is 0.478. The number of hydrogen-bond acceptors (Lipinski definition) is 5. The molecule has 134 valence electrons. The van der Waals surface area contributed by atoms with E-state index in [0.717, 1.165) is 10.8 Å². The molecule has 3 rings (SSSR count). The third-order valence-electron chi connectivity index (χ3n) is 3.87. The molecule has 3 aromatic rings. The van der Waals surface area contributed by atoms with Crippen LogP contribution in [0.25, 0.3) is 10.8 Å². The van der Waals surface area contributed by atoms with Gasteiger partial charge in [-0.05, 0) is 32.0 Å². The quantitative estimate of drug-likeness (QED) is 0.332. The Morgan fingerprint density at radius 3 is 2.42 bits per heavy atom. The Bertz CT molecular complexity index is 976. The largest absolute Gasteiger partial charge is 0.484 e. The van der Waals surface area contributed by atoms with Crippen LogP contribution in [0, 0.1) is 0 Å². The molecular weight excluding hydrogens is 375 g/mol. The van der Waals surface area contributed by atoms with E-state index in [1.165, 1.54) is 6.20 Å². The van der Waals surface area contributed by atoms with Crippen LogP contribution in [-0.4, -0.2) is 22.0 Å². The maximum absolute atomic E-state index is 8.91. The standard InChI is InChI=1S/C19H16Cl2N2O3/c1-11(23-24)12(2)25-17-7-3-6-15-14(17)5-4-8-18(15)26-19-16(21)9-13(20)10-22-19/h3-10,12,24H,1-2H3/b23-11-. The van der Waals surface area contributed by atoms with Gasteiger partial charge in [-0.1, -0.05) is 52.6 Å². The second kappa shape index (κ2) is 7.81. The minimum Gasteiger partial charge on any atom is -0.484 e. The van der Waals surface area contributed by atoms with Crippen LogP contribution in [0.2, 0.25) is 10.0 Å². The summed E-state index contributed by atoms with van der Waals surface area (Å²) >= 11 is 12.0. The van der Waals surface area contributed by atoms with E-state index in [9.17, 15) is 0 Å². The molecule has 5 nitrogen and oxygen atoms in total. The average Bonchev–Trinajstić information content (AvgIpc) is 2.64. The van der Waals surface area contributed by atoms with Crippen LogP contribution in [0.3, 0.4) is 0 Å². The van der Waals surface area contributed by atoms with E-state index >= 15 is 0 Å². The average molecular weight is 391 g/mol. The molecule has 0 bridgehead atoms. The van der Waals surface area contributed by atoms with Gasteiger partial charge in [-0.15, -0.1) is 0 Å². The number of hydrogen-bond donors (Lipinski definition) is 1. The summed E-state index contributed by atoms with van der Waals surface area (Å²) in [6, 6.07) is 12.8. The molecule has 1 atom stereocenters. The lowest BCUT2D eigenvalue weighted by Gasteiger charge is -2.16. The summed E-state index contributed by atoms with van der Waals surface area (Å²) in [6.07, 6.45) is 1.10. The Morgan fingerprint density at radius 1 is 1.12 bits per heavy atom. The van der Waals surface area contributed by atoms with Crippen molar-refractivity contribution < 1.29 is 14.7 Å². The van der Waals surface area contributed by atoms with Gasteiger partial charge in [-0.3, -0.25) is 0 Å². The maximum Gasteiger partial charge on any atom is 0.238 e. The summed E-state index contributed by atoms with van der Waals surface area (Å²) < 4.78 is 11.8. The van der Waals surface area contributed by atoms with Crippen molar-refractivity contribution in [2.75, 3.05) is 0 Å². The highest BCUT2D eigenvalue weighted by molar-refractivity contribution is 6.35. The molecular formula is C19H16Cl2N2O3. The molecule has 7 heteroatoms. The van der Waals surface area contributed by atoms with Crippen molar-refractivity contribution in [1.29, 1.82) is 0 Å². The summed E-state index contributed by atoms with van der Waals surface area (Å²) in [7, 11) is 0. The van der Waals surface area contributed by atoms with Crippen LogP contribution in [0.4, 0.5) is 0 Å². The smallest absolute Gasteiger partial charge is 0.238 e. The zero-order chi connectivity index (χ0) is 18.7. The van der Waals surface area contributed by atoms with E-state index in [4.69, 9.17) is 37.9 Å². The van der Waals surface area contributed by atoms with E-state index in [2.05, 4.69) is 10.1 Å². The fourth-order valence-electron chi connectivity index (χ4n) is 2.38. The van der Waals surface area contributed by atoms with Gasteiger partial charge in [0.05, 0.1) is 10.7 Å². The van der Waals surface area contributed by atoms with E-state index in [0.29, 0.717) is 27.3 Å². The third kappa shape index (κ3) is 3.84. The van der Waals surface area contributed by atoms with Crippen LogP contribution in [0.15, 0.2) is 53.8 Å². The lowest BCUT2D eigenvalue weighted by molar-refractivity contribution is 0.269. The van der Waals surface area contributed by atoms with Crippen molar-refractivity contribution in [1.82, 2.24) is 4.98 Å². The van der Waals surface area contributed by atoms with Crippen molar-refractivity contribution in [3.05, 3.63) is 58.7 Å². The van der Waals surface area contributed by atoms with Crippen LogP contribution in [0.1, 0.15) is 13.8 Å². The molecule has 0 saturated heterocycles. The summed E-state index contributed by atoms with van der Waals surface area (Å²) in [5, 5.41) is 14.5. The Hall–Kier alpha value is -2.50. The summed E-state index contributed by atoms with van der Waals surface area (Å²) in [6.45, 7) is 3.50. The molecule has 1 N–H and O–H groups in total.